The van der Waals surface area contributed by atoms with Crippen LogP contribution in [0.15, 0.2) is 23.1 Å². The first-order valence-corrected chi connectivity index (χ1v) is 8.50. The molecule has 0 aliphatic carbocycles. The zero-order chi connectivity index (χ0) is 17.6. The summed E-state index contributed by atoms with van der Waals surface area (Å²) < 4.78 is 22.1. The molecule has 1 amide bonds. The standard InChI is InChI=1S/C13H17ClN2O3S.CH5NO/c1-8-6-16(7-9(2)15-8)13(17)10-3-4-11(14)12(5-10)20(18)19;1-2-3/h3-5,8-9,15H,6-7H2,1-2H3,(H,18,19);2-3H,1H3/p-1. The molecule has 3 unspecified atom stereocenters. The average molecular weight is 363 g/mol. The molecule has 0 saturated carbocycles. The van der Waals surface area contributed by atoms with Gasteiger partial charge in [0.05, 0.1) is 5.02 Å². The molecule has 1 aromatic carbocycles. The van der Waals surface area contributed by atoms with E-state index in [1.807, 2.05) is 13.8 Å². The van der Waals surface area contributed by atoms with Crippen molar-refractivity contribution in [3.8, 4) is 0 Å². The van der Waals surface area contributed by atoms with Crippen LogP contribution in [0.25, 0.3) is 0 Å². The van der Waals surface area contributed by atoms with Crippen molar-refractivity contribution in [2.24, 2.45) is 0 Å². The van der Waals surface area contributed by atoms with Gasteiger partial charge in [-0.2, -0.15) is 0 Å². The van der Waals surface area contributed by atoms with Gasteiger partial charge in [0.15, 0.2) is 0 Å². The topological polar surface area (TPSA) is 105 Å². The van der Waals surface area contributed by atoms with Crippen molar-refractivity contribution >= 4 is 28.6 Å². The maximum Gasteiger partial charge on any atom is 0.254 e. The molecule has 3 N–H and O–H groups in total. The van der Waals surface area contributed by atoms with Crippen molar-refractivity contribution in [2.75, 3.05) is 20.1 Å². The summed E-state index contributed by atoms with van der Waals surface area (Å²) in [6.07, 6.45) is 0. The Labute approximate surface area is 143 Å². The SMILES string of the molecule is CC1CN(C(=O)c2ccc(Cl)c(S(=O)[O-])c2)CC(C)N1.CNO. The third-order valence-corrected chi connectivity index (χ3v) is 4.34. The van der Waals surface area contributed by atoms with E-state index < -0.39 is 11.1 Å². The van der Waals surface area contributed by atoms with Crippen LogP contribution >= 0.6 is 11.6 Å². The second-order valence-corrected chi connectivity index (χ2v) is 6.60. The molecule has 9 heteroatoms. The third-order valence-electron chi connectivity index (χ3n) is 3.20. The van der Waals surface area contributed by atoms with E-state index in [4.69, 9.17) is 16.8 Å². The molecule has 1 aliphatic rings. The Kier molecular flexibility index (Phi) is 8.10. The van der Waals surface area contributed by atoms with Gasteiger partial charge in [0.1, 0.15) is 0 Å². The molecule has 23 heavy (non-hydrogen) atoms. The lowest BCUT2D eigenvalue weighted by Crippen LogP contribution is -2.55. The Balaban J connectivity index is 0.000000816. The van der Waals surface area contributed by atoms with Crippen molar-refractivity contribution < 1.29 is 18.8 Å². The van der Waals surface area contributed by atoms with Crippen LogP contribution in [0, 0.1) is 0 Å². The summed E-state index contributed by atoms with van der Waals surface area (Å²) in [7, 11) is 1.43. The van der Waals surface area contributed by atoms with E-state index >= 15 is 0 Å². The summed E-state index contributed by atoms with van der Waals surface area (Å²) in [6.45, 7) is 5.22. The lowest BCUT2D eigenvalue weighted by Gasteiger charge is -2.36. The maximum absolute atomic E-state index is 12.4. The van der Waals surface area contributed by atoms with Gasteiger partial charge in [0, 0.05) is 42.7 Å². The van der Waals surface area contributed by atoms with Gasteiger partial charge in [-0.3, -0.25) is 9.00 Å². The highest BCUT2D eigenvalue weighted by Crippen LogP contribution is 2.21. The number of amides is 1. The van der Waals surface area contributed by atoms with Crippen molar-refractivity contribution in [3.63, 3.8) is 0 Å². The number of benzene rings is 1. The zero-order valence-corrected chi connectivity index (χ0v) is 14.8. The monoisotopic (exact) mass is 362 g/mol. The van der Waals surface area contributed by atoms with Crippen molar-refractivity contribution in [2.45, 2.75) is 30.8 Å². The normalized spacial score (nSPS) is 22.1. The fourth-order valence-electron chi connectivity index (χ4n) is 2.44. The predicted octanol–water partition coefficient (Wildman–Crippen LogP) is 0.995. The van der Waals surface area contributed by atoms with E-state index in [2.05, 4.69) is 5.32 Å². The fourth-order valence-corrected chi connectivity index (χ4v) is 3.20. The van der Waals surface area contributed by atoms with Gasteiger partial charge >= 0.3 is 0 Å². The van der Waals surface area contributed by atoms with Gasteiger partial charge in [-0.1, -0.05) is 11.6 Å². The molecule has 7 nitrogen and oxygen atoms in total. The number of nitrogens with zero attached hydrogens (tertiary/aromatic N) is 1. The highest BCUT2D eigenvalue weighted by atomic mass is 35.5. The summed E-state index contributed by atoms with van der Waals surface area (Å²) in [6, 6.07) is 4.74. The number of rotatable bonds is 2. The minimum atomic E-state index is -2.45. The number of hydrogen-bond donors (Lipinski definition) is 3. The summed E-state index contributed by atoms with van der Waals surface area (Å²) in [4.78, 5) is 14.1. The van der Waals surface area contributed by atoms with E-state index in [1.54, 1.807) is 16.4 Å². The minimum Gasteiger partial charge on any atom is -0.768 e. The summed E-state index contributed by atoms with van der Waals surface area (Å²) in [5, 5.41) is 10.8. The van der Waals surface area contributed by atoms with E-state index in [1.165, 1.54) is 19.2 Å². The molecule has 1 saturated heterocycles. The van der Waals surface area contributed by atoms with Gasteiger partial charge in [0.2, 0.25) is 0 Å². The summed E-state index contributed by atoms with van der Waals surface area (Å²) in [5.41, 5.74) is 2.09. The Morgan fingerprint density at radius 3 is 2.43 bits per heavy atom. The maximum atomic E-state index is 12.4. The van der Waals surface area contributed by atoms with Crippen LogP contribution in [0.3, 0.4) is 0 Å². The minimum absolute atomic E-state index is 0.0475. The number of piperazine rings is 1. The molecule has 0 spiro atoms. The Hall–Kier alpha value is -1.03. The Bertz CT molecular complexity index is 563. The fraction of sp³-hybridized carbons (Fsp3) is 0.500. The number of halogens is 1. The first kappa shape index (κ1) is 20.0. The van der Waals surface area contributed by atoms with Crippen molar-refractivity contribution in [1.82, 2.24) is 15.7 Å². The number of nitrogens with one attached hydrogen (secondary N) is 2. The number of carbonyl (C=O) groups is 1. The van der Waals surface area contributed by atoms with E-state index in [0.717, 1.165) is 0 Å². The molecule has 0 bridgehead atoms. The average Bonchev–Trinajstić information content (AvgIpc) is 2.46. The van der Waals surface area contributed by atoms with E-state index in [9.17, 15) is 13.6 Å². The second kappa shape index (κ2) is 9.31. The van der Waals surface area contributed by atoms with Crippen LogP contribution < -0.4 is 10.8 Å². The molecule has 0 radical (unpaired) electrons. The molecular weight excluding hydrogens is 342 g/mol. The molecule has 1 aromatic rings. The quantitative estimate of drug-likeness (QED) is 0.535. The largest absolute Gasteiger partial charge is 0.768 e. The zero-order valence-electron chi connectivity index (χ0n) is 13.2. The third kappa shape index (κ3) is 5.83. The van der Waals surface area contributed by atoms with Crippen LogP contribution in [0.5, 0.6) is 0 Å². The lowest BCUT2D eigenvalue weighted by molar-refractivity contribution is 0.0673. The van der Waals surface area contributed by atoms with Gasteiger partial charge in [0.25, 0.3) is 5.91 Å². The summed E-state index contributed by atoms with van der Waals surface area (Å²) >= 11 is 3.35. The Morgan fingerprint density at radius 1 is 1.43 bits per heavy atom. The van der Waals surface area contributed by atoms with Crippen LogP contribution in [0.4, 0.5) is 0 Å². The van der Waals surface area contributed by atoms with Gasteiger partial charge in [-0.15, -0.1) is 0 Å². The van der Waals surface area contributed by atoms with Gasteiger partial charge in [-0.05, 0) is 43.1 Å². The highest BCUT2D eigenvalue weighted by molar-refractivity contribution is 7.79. The molecule has 3 atom stereocenters. The van der Waals surface area contributed by atoms with Crippen LogP contribution in [-0.2, 0) is 11.1 Å². The molecule has 0 aromatic heterocycles. The molecule has 1 aliphatic heterocycles. The summed E-state index contributed by atoms with van der Waals surface area (Å²) in [5.74, 6) is -0.173. The molecule has 130 valence electrons. The number of hydrogen-bond acceptors (Lipinski definition) is 6. The smallest absolute Gasteiger partial charge is 0.254 e. The van der Waals surface area contributed by atoms with Crippen molar-refractivity contribution in [1.29, 1.82) is 0 Å². The molecular formula is C14H21ClN3O4S-. The van der Waals surface area contributed by atoms with Crippen LogP contribution in [0.1, 0.15) is 24.2 Å². The Morgan fingerprint density at radius 2 is 1.96 bits per heavy atom. The van der Waals surface area contributed by atoms with Crippen LogP contribution in [-0.4, -0.2) is 57.0 Å². The van der Waals surface area contributed by atoms with Gasteiger partial charge in [-0.25, -0.2) is 5.48 Å². The predicted molar refractivity (Wildman–Crippen MR) is 87.4 cm³/mol. The van der Waals surface area contributed by atoms with Crippen LogP contribution in [0.2, 0.25) is 5.02 Å². The highest BCUT2D eigenvalue weighted by Gasteiger charge is 2.25. The molecule has 2 rings (SSSR count). The molecule has 1 heterocycles. The number of carbonyl (C=O) groups excluding carboxylic acids is 1. The first-order chi connectivity index (χ1) is 10.8. The second-order valence-electron chi connectivity index (χ2n) is 5.28. The van der Waals surface area contributed by atoms with E-state index in [0.29, 0.717) is 18.7 Å². The lowest BCUT2D eigenvalue weighted by atomic mass is 10.1. The molecule has 1 fully saturated rings. The van der Waals surface area contributed by atoms with Gasteiger partial charge < -0.3 is 20.0 Å². The number of hydroxylamine groups is 1. The first-order valence-electron chi connectivity index (χ1n) is 7.05. The van der Waals surface area contributed by atoms with E-state index in [-0.39, 0.29) is 27.9 Å². The van der Waals surface area contributed by atoms with Crippen molar-refractivity contribution in [3.05, 3.63) is 28.8 Å².